The zero-order valence-electron chi connectivity index (χ0n) is 14.1. The molecule has 0 aromatic rings. The van der Waals surface area contributed by atoms with Gasteiger partial charge in [0.2, 0.25) is 0 Å². The first-order chi connectivity index (χ1) is 10.2. The molecule has 1 saturated carbocycles. The van der Waals surface area contributed by atoms with Crippen molar-refractivity contribution in [2.24, 2.45) is 22.7 Å². The van der Waals surface area contributed by atoms with Crippen LogP contribution in [0.25, 0.3) is 0 Å². The van der Waals surface area contributed by atoms with Crippen LogP contribution in [0.1, 0.15) is 53.9 Å². The van der Waals surface area contributed by atoms with Crippen LogP contribution in [0.15, 0.2) is 11.6 Å². The standard InChI is InChI=1S/C18H26O4/c1-11-7-6-8-14-17(4,9-10-19)12(2)15(22-13(3)20)16(21)18(11,14)5/h7,10,12,14-15H,6,8-9H2,1-5H3/t12-,14+,15-,17-,18-/m1/s1. The molecule has 2 aliphatic rings. The summed E-state index contributed by atoms with van der Waals surface area (Å²) >= 11 is 0. The molecule has 2 aliphatic carbocycles. The number of carbonyl (C=O) groups is 3. The Balaban J connectivity index is 2.58. The molecule has 0 bridgehead atoms. The number of aldehydes is 1. The van der Waals surface area contributed by atoms with E-state index in [1.807, 2.05) is 20.8 Å². The minimum absolute atomic E-state index is 0.0166. The molecule has 0 N–H and O–H groups in total. The van der Waals surface area contributed by atoms with Crippen molar-refractivity contribution in [2.75, 3.05) is 0 Å². The third-order valence-corrected chi connectivity index (χ3v) is 6.30. The molecule has 0 amide bonds. The molecule has 1 fully saturated rings. The molecule has 4 nitrogen and oxygen atoms in total. The van der Waals surface area contributed by atoms with Gasteiger partial charge in [0.05, 0.1) is 5.41 Å². The fraction of sp³-hybridized carbons (Fsp3) is 0.722. The summed E-state index contributed by atoms with van der Waals surface area (Å²) in [5.74, 6) is -0.530. The van der Waals surface area contributed by atoms with Crippen molar-refractivity contribution in [1.82, 2.24) is 0 Å². The number of rotatable bonds is 3. The Morgan fingerprint density at radius 3 is 2.64 bits per heavy atom. The summed E-state index contributed by atoms with van der Waals surface area (Å²) in [5, 5.41) is 0. The summed E-state index contributed by atoms with van der Waals surface area (Å²) in [6, 6.07) is 0. The number of ether oxygens (including phenoxy) is 1. The number of hydrogen-bond acceptors (Lipinski definition) is 4. The number of ketones is 1. The summed E-state index contributed by atoms with van der Waals surface area (Å²) in [5.41, 5.74) is 0.0396. The SMILES string of the molecule is CC(=O)O[C@H]1C(=O)[C@]2(C)C(C)=CCC[C@H]2[C@](C)(CC=O)[C@@H]1C. The summed E-state index contributed by atoms with van der Waals surface area (Å²) in [4.78, 5) is 35.9. The monoisotopic (exact) mass is 306 g/mol. The Labute approximate surface area is 132 Å². The quantitative estimate of drug-likeness (QED) is 0.457. The summed E-state index contributed by atoms with van der Waals surface area (Å²) in [6.07, 6.45) is 4.47. The van der Waals surface area contributed by atoms with Gasteiger partial charge in [-0.15, -0.1) is 0 Å². The number of allylic oxidation sites excluding steroid dienone is 2. The van der Waals surface area contributed by atoms with Crippen LogP contribution in [-0.2, 0) is 19.1 Å². The van der Waals surface area contributed by atoms with E-state index in [1.54, 1.807) is 0 Å². The van der Waals surface area contributed by atoms with Crippen LogP contribution >= 0.6 is 0 Å². The van der Waals surface area contributed by atoms with Crippen LogP contribution in [0.2, 0.25) is 0 Å². The number of carbonyl (C=O) groups excluding carboxylic acids is 3. The lowest BCUT2D eigenvalue weighted by atomic mass is 9.46. The Kier molecular flexibility index (Phi) is 4.33. The highest BCUT2D eigenvalue weighted by molar-refractivity contribution is 5.94. The van der Waals surface area contributed by atoms with Gasteiger partial charge in [0.25, 0.3) is 0 Å². The highest BCUT2D eigenvalue weighted by atomic mass is 16.5. The third kappa shape index (κ3) is 2.24. The molecule has 0 heterocycles. The molecule has 5 atom stereocenters. The topological polar surface area (TPSA) is 60.4 Å². The maximum Gasteiger partial charge on any atom is 0.303 e. The average Bonchev–Trinajstić information content (AvgIpc) is 2.44. The van der Waals surface area contributed by atoms with Gasteiger partial charge in [0, 0.05) is 19.3 Å². The van der Waals surface area contributed by atoms with Crippen LogP contribution in [0.5, 0.6) is 0 Å². The molecule has 0 aromatic carbocycles. The van der Waals surface area contributed by atoms with E-state index in [9.17, 15) is 14.4 Å². The minimum atomic E-state index is -0.773. The fourth-order valence-electron chi connectivity index (χ4n) is 4.63. The Morgan fingerprint density at radius 2 is 2.09 bits per heavy atom. The molecule has 0 radical (unpaired) electrons. The Morgan fingerprint density at radius 1 is 1.45 bits per heavy atom. The molecule has 122 valence electrons. The predicted octanol–water partition coefficient (Wildman–Crippen LogP) is 3.09. The maximum absolute atomic E-state index is 13.1. The van der Waals surface area contributed by atoms with Gasteiger partial charge in [0.15, 0.2) is 11.9 Å². The smallest absolute Gasteiger partial charge is 0.303 e. The van der Waals surface area contributed by atoms with E-state index in [-0.39, 0.29) is 23.0 Å². The van der Waals surface area contributed by atoms with Crippen LogP contribution in [-0.4, -0.2) is 24.1 Å². The molecule has 22 heavy (non-hydrogen) atoms. The first-order valence-electron chi connectivity index (χ1n) is 8.02. The van der Waals surface area contributed by atoms with E-state index in [4.69, 9.17) is 4.74 Å². The first-order valence-corrected chi connectivity index (χ1v) is 8.02. The number of Topliss-reactive ketones (excluding diaryl/α,β-unsaturated/α-hetero) is 1. The summed E-state index contributed by atoms with van der Waals surface area (Å²) in [7, 11) is 0. The zero-order chi connectivity index (χ0) is 16.7. The molecule has 0 unspecified atom stereocenters. The van der Waals surface area contributed by atoms with Crippen molar-refractivity contribution < 1.29 is 19.1 Å². The lowest BCUT2D eigenvalue weighted by Crippen LogP contribution is -2.61. The normalized spacial score (nSPS) is 41.4. The first kappa shape index (κ1) is 16.9. The van der Waals surface area contributed by atoms with Crippen molar-refractivity contribution in [3.63, 3.8) is 0 Å². The van der Waals surface area contributed by atoms with Gasteiger partial charge >= 0.3 is 5.97 Å². The van der Waals surface area contributed by atoms with Crippen LogP contribution in [0.3, 0.4) is 0 Å². The highest BCUT2D eigenvalue weighted by Crippen LogP contribution is 2.60. The van der Waals surface area contributed by atoms with Crippen LogP contribution in [0, 0.1) is 22.7 Å². The second-order valence-corrected chi connectivity index (χ2v) is 7.28. The molecule has 0 spiro atoms. The second-order valence-electron chi connectivity index (χ2n) is 7.28. The van der Waals surface area contributed by atoms with Crippen LogP contribution in [0.4, 0.5) is 0 Å². The molecule has 0 aromatic heterocycles. The zero-order valence-corrected chi connectivity index (χ0v) is 14.1. The Bertz CT molecular complexity index is 535. The van der Waals surface area contributed by atoms with E-state index in [2.05, 4.69) is 13.0 Å². The lowest BCUT2D eigenvalue weighted by molar-refractivity contribution is -0.180. The van der Waals surface area contributed by atoms with E-state index in [1.165, 1.54) is 6.92 Å². The van der Waals surface area contributed by atoms with Gasteiger partial charge < -0.3 is 9.53 Å². The van der Waals surface area contributed by atoms with Crippen molar-refractivity contribution >= 4 is 18.0 Å². The molecular weight excluding hydrogens is 280 g/mol. The van der Waals surface area contributed by atoms with E-state index >= 15 is 0 Å². The van der Waals surface area contributed by atoms with Gasteiger partial charge in [-0.25, -0.2) is 0 Å². The largest absolute Gasteiger partial charge is 0.454 e. The average molecular weight is 306 g/mol. The fourth-order valence-corrected chi connectivity index (χ4v) is 4.63. The minimum Gasteiger partial charge on any atom is -0.454 e. The number of hydrogen-bond donors (Lipinski definition) is 0. The molecular formula is C18H26O4. The van der Waals surface area contributed by atoms with Crippen molar-refractivity contribution in [3.05, 3.63) is 11.6 Å². The predicted molar refractivity (Wildman–Crippen MR) is 83.1 cm³/mol. The molecule has 0 saturated heterocycles. The highest BCUT2D eigenvalue weighted by Gasteiger charge is 2.62. The van der Waals surface area contributed by atoms with Gasteiger partial charge in [-0.2, -0.15) is 0 Å². The molecule has 2 rings (SSSR count). The van der Waals surface area contributed by atoms with Gasteiger partial charge in [-0.05, 0) is 38.0 Å². The second kappa shape index (κ2) is 5.64. The van der Waals surface area contributed by atoms with Crippen molar-refractivity contribution in [1.29, 1.82) is 0 Å². The van der Waals surface area contributed by atoms with Gasteiger partial charge in [0.1, 0.15) is 6.29 Å². The molecule has 4 heteroatoms. The number of esters is 1. The van der Waals surface area contributed by atoms with Crippen molar-refractivity contribution in [3.8, 4) is 0 Å². The van der Waals surface area contributed by atoms with Crippen LogP contribution < -0.4 is 0 Å². The molecule has 0 aliphatic heterocycles. The van der Waals surface area contributed by atoms with E-state index < -0.39 is 17.5 Å². The van der Waals surface area contributed by atoms with E-state index in [0.717, 1.165) is 24.7 Å². The maximum atomic E-state index is 13.1. The van der Waals surface area contributed by atoms with Gasteiger partial charge in [-0.3, -0.25) is 9.59 Å². The van der Waals surface area contributed by atoms with E-state index in [0.29, 0.717) is 6.42 Å². The lowest BCUT2D eigenvalue weighted by Gasteiger charge is -2.58. The number of fused-ring (bicyclic) bond motifs is 1. The Hall–Kier alpha value is -1.45. The summed E-state index contributed by atoms with van der Waals surface area (Å²) < 4.78 is 5.39. The summed E-state index contributed by atoms with van der Waals surface area (Å²) in [6.45, 7) is 9.26. The third-order valence-electron chi connectivity index (χ3n) is 6.30. The van der Waals surface area contributed by atoms with Gasteiger partial charge in [-0.1, -0.05) is 25.5 Å². The van der Waals surface area contributed by atoms with Crippen molar-refractivity contribution in [2.45, 2.75) is 60.0 Å².